The van der Waals surface area contributed by atoms with Crippen molar-refractivity contribution in [2.45, 2.75) is 13.5 Å². The molecular formula is C20H18FN3O5. The van der Waals surface area contributed by atoms with Gasteiger partial charge in [-0.1, -0.05) is 30.3 Å². The molecule has 150 valence electrons. The third-order valence-electron chi connectivity index (χ3n) is 3.96. The molecule has 0 aliphatic carbocycles. The minimum Gasteiger partial charge on any atom is -0.493 e. The molecule has 3 rings (SSSR count). The number of benzene rings is 2. The van der Waals surface area contributed by atoms with Crippen LogP contribution in [-0.4, -0.2) is 34.8 Å². The number of hydrogen-bond acceptors (Lipinski definition) is 6. The van der Waals surface area contributed by atoms with Crippen LogP contribution >= 0.6 is 0 Å². The smallest absolute Gasteiger partial charge is 0.326 e. The highest BCUT2D eigenvalue weighted by molar-refractivity contribution is 5.96. The van der Waals surface area contributed by atoms with E-state index in [9.17, 15) is 19.1 Å². The molecule has 8 nitrogen and oxygen atoms in total. The van der Waals surface area contributed by atoms with Crippen LogP contribution in [0, 0.1) is 5.82 Å². The van der Waals surface area contributed by atoms with Gasteiger partial charge in [0.2, 0.25) is 5.88 Å². The highest BCUT2D eigenvalue weighted by Gasteiger charge is 2.19. The number of halogens is 1. The number of carbonyl (C=O) groups excluding carboxylic acids is 2. The first-order valence-corrected chi connectivity index (χ1v) is 8.79. The van der Waals surface area contributed by atoms with Crippen LogP contribution in [0.1, 0.15) is 6.92 Å². The van der Waals surface area contributed by atoms with Crippen molar-refractivity contribution in [1.82, 2.24) is 4.57 Å². The lowest BCUT2D eigenvalue weighted by atomic mass is 10.2. The van der Waals surface area contributed by atoms with Crippen LogP contribution in [0.3, 0.4) is 0 Å². The third-order valence-corrected chi connectivity index (χ3v) is 3.96. The van der Waals surface area contributed by atoms with Crippen molar-refractivity contribution in [2.75, 3.05) is 13.2 Å². The first kappa shape index (κ1) is 20.0. The molecule has 0 atom stereocenters. The zero-order chi connectivity index (χ0) is 20.8. The van der Waals surface area contributed by atoms with E-state index >= 15 is 0 Å². The summed E-state index contributed by atoms with van der Waals surface area (Å²) in [6.07, 6.45) is 0. The molecule has 0 fully saturated rings. The maximum Gasteiger partial charge on any atom is 0.326 e. The Bertz CT molecular complexity index is 1080. The van der Waals surface area contributed by atoms with Gasteiger partial charge in [0.25, 0.3) is 0 Å². The molecule has 0 aliphatic heterocycles. The van der Waals surface area contributed by atoms with E-state index < -0.39 is 24.3 Å². The molecule has 1 N–H and O–H groups in total. The van der Waals surface area contributed by atoms with E-state index in [1.807, 2.05) is 0 Å². The van der Waals surface area contributed by atoms with E-state index in [1.165, 1.54) is 22.8 Å². The third kappa shape index (κ3) is 4.57. The molecule has 0 saturated heterocycles. The van der Waals surface area contributed by atoms with Crippen molar-refractivity contribution < 1.29 is 28.6 Å². The minimum absolute atomic E-state index is 0.0316. The number of hydrogen-bond donors (Lipinski definition) is 1. The van der Waals surface area contributed by atoms with Crippen molar-refractivity contribution in [3.8, 4) is 11.6 Å². The van der Waals surface area contributed by atoms with Crippen LogP contribution in [0.15, 0.2) is 58.8 Å². The predicted octanol–water partition coefficient (Wildman–Crippen LogP) is 3.74. The Morgan fingerprint density at radius 1 is 1.14 bits per heavy atom. The van der Waals surface area contributed by atoms with Crippen molar-refractivity contribution in [1.29, 1.82) is 0 Å². The molecule has 0 unspecified atom stereocenters. The largest absolute Gasteiger partial charge is 0.493 e. The maximum absolute atomic E-state index is 13.5. The van der Waals surface area contributed by atoms with Gasteiger partial charge in [0, 0.05) is 5.39 Å². The van der Waals surface area contributed by atoms with Crippen LogP contribution in [-0.2, 0) is 20.9 Å². The van der Waals surface area contributed by atoms with Gasteiger partial charge in [0.1, 0.15) is 6.54 Å². The average molecular weight is 399 g/mol. The predicted molar refractivity (Wildman–Crippen MR) is 102 cm³/mol. The van der Waals surface area contributed by atoms with E-state index in [0.29, 0.717) is 10.9 Å². The molecule has 3 aromatic rings. The van der Waals surface area contributed by atoms with Crippen molar-refractivity contribution in [3.63, 3.8) is 0 Å². The Morgan fingerprint density at radius 3 is 2.62 bits per heavy atom. The van der Waals surface area contributed by atoms with Crippen LogP contribution in [0.25, 0.3) is 10.9 Å². The van der Waals surface area contributed by atoms with Gasteiger partial charge >= 0.3 is 11.9 Å². The van der Waals surface area contributed by atoms with Gasteiger partial charge in [-0.2, -0.15) is 0 Å². The lowest BCUT2D eigenvalue weighted by molar-refractivity contribution is -0.143. The quantitative estimate of drug-likeness (QED) is 0.482. The topological polar surface area (TPSA) is 102 Å². The number of amides is 1. The zero-order valence-corrected chi connectivity index (χ0v) is 15.5. The Kier molecular flexibility index (Phi) is 6.18. The zero-order valence-electron chi connectivity index (χ0n) is 15.5. The van der Waals surface area contributed by atoms with Crippen LogP contribution in [0.2, 0.25) is 0 Å². The Labute approximate surface area is 165 Å². The number of esters is 1. The number of aromatic nitrogens is 1. The van der Waals surface area contributed by atoms with Gasteiger partial charge in [-0.3, -0.25) is 14.2 Å². The number of azo groups is 1. The lowest BCUT2D eigenvalue weighted by Crippen LogP contribution is -2.12. The SMILES string of the molecule is CCOC(=O)Cn1c(O)c(N=NC(=O)COc2ccccc2F)c2ccccc21. The number of rotatable bonds is 7. The summed E-state index contributed by atoms with van der Waals surface area (Å²) in [5.41, 5.74) is 0.561. The summed E-state index contributed by atoms with van der Waals surface area (Å²) < 4.78 is 24.8. The number of fused-ring (bicyclic) bond motifs is 1. The Balaban J connectivity index is 1.80. The van der Waals surface area contributed by atoms with Crippen LogP contribution in [0.5, 0.6) is 11.6 Å². The molecule has 29 heavy (non-hydrogen) atoms. The molecule has 0 aliphatic rings. The highest BCUT2D eigenvalue weighted by Crippen LogP contribution is 2.38. The molecule has 0 spiro atoms. The Hall–Kier alpha value is -3.75. The van der Waals surface area contributed by atoms with Gasteiger partial charge in [-0.05, 0) is 25.1 Å². The van der Waals surface area contributed by atoms with Gasteiger partial charge in [0.05, 0.1) is 12.1 Å². The second-order valence-corrected chi connectivity index (χ2v) is 5.89. The highest BCUT2D eigenvalue weighted by atomic mass is 19.1. The second-order valence-electron chi connectivity index (χ2n) is 5.89. The normalized spacial score (nSPS) is 11.1. The van der Waals surface area contributed by atoms with Crippen molar-refractivity contribution in [2.24, 2.45) is 10.2 Å². The first-order chi connectivity index (χ1) is 14.0. The minimum atomic E-state index is -0.769. The number of ether oxygens (including phenoxy) is 2. The second kappa shape index (κ2) is 8.96. The fourth-order valence-electron chi connectivity index (χ4n) is 2.70. The molecule has 0 bridgehead atoms. The summed E-state index contributed by atoms with van der Waals surface area (Å²) in [5.74, 6) is -2.30. The van der Waals surface area contributed by atoms with Gasteiger partial charge in [0.15, 0.2) is 23.9 Å². The molecule has 1 amide bonds. The summed E-state index contributed by atoms with van der Waals surface area (Å²) in [7, 11) is 0. The van der Waals surface area contributed by atoms with E-state index in [0.717, 1.165) is 0 Å². The lowest BCUT2D eigenvalue weighted by Gasteiger charge is -2.06. The van der Waals surface area contributed by atoms with E-state index in [4.69, 9.17) is 9.47 Å². The molecular weight excluding hydrogens is 381 g/mol. The van der Waals surface area contributed by atoms with Crippen molar-refractivity contribution >= 4 is 28.5 Å². The summed E-state index contributed by atoms with van der Waals surface area (Å²) in [6, 6.07) is 12.5. The standard InChI is InChI=1S/C20H18FN3O5/c1-2-28-18(26)11-24-15-9-5-3-7-13(15)19(20(24)27)23-22-17(25)12-29-16-10-6-4-8-14(16)21/h3-10,27H,2,11-12H2,1H3. The molecule has 0 saturated carbocycles. The first-order valence-electron chi connectivity index (χ1n) is 8.79. The van der Waals surface area contributed by atoms with Gasteiger partial charge < -0.3 is 14.6 Å². The summed E-state index contributed by atoms with van der Waals surface area (Å²) in [6.45, 7) is 1.15. The summed E-state index contributed by atoms with van der Waals surface area (Å²) in [4.78, 5) is 23.8. The van der Waals surface area contributed by atoms with Crippen molar-refractivity contribution in [3.05, 3.63) is 54.3 Å². The molecule has 2 aromatic carbocycles. The number of aromatic hydroxyl groups is 1. The molecule has 0 radical (unpaired) electrons. The monoisotopic (exact) mass is 399 g/mol. The summed E-state index contributed by atoms with van der Waals surface area (Å²) >= 11 is 0. The number of para-hydroxylation sites is 2. The summed E-state index contributed by atoms with van der Waals surface area (Å²) in [5, 5.41) is 18.3. The molecule has 1 heterocycles. The number of nitrogens with zero attached hydrogens (tertiary/aromatic N) is 3. The Morgan fingerprint density at radius 2 is 1.86 bits per heavy atom. The van der Waals surface area contributed by atoms with E-state index in [-0.39, 0.29) is 30.5 Å². The molecule has 9 heteroatoms. The fourth-order valence-corrected chi connectivity index (χ4v) is 2.70. The maximum atomic E-state index is 13.5. The van der Waals surface area contributed by atoms with Crippen LogP contribution < -0.4 is 4.74 Å². The van der Waals surface area contributed by atoms with E-state index in [2.05, 4.69) is 10.2 Å². The van der Waals surface area contributed by atoms with Gasteiger partial charge in [-0.25, -0.2) is 4.39 Å². The van der Waals surface area contributed by atoms with Gasteiger partial charge in [-0.15, -0.1) is 10.2 Å². The van der Waals surface area contributed by atoms with Crippen LogP contribution in [0.4, 0.5) is 10.1 Å². The average Bonchev–Trinajstić information content (AvgIpc) is 2.97. The molecule has 1 aromatic heterocycles. The number of carbonyl (C=O) groups is 2. The fraction of sp³-hybridized carbons (Fsp3) is 0.200. The van der Waals surface area contributed by atoms with E-state index in [1.54, 1.807) is 37.3 Å².